The molecule has 1 aliphatic rings. The van der Waals surface area contributed by atoms with E-state index in [0.717, 1.165) is 26.1 Å². The zero-order valence-electron chi connectivity index (χ0n) is 7.12. The highest BCUT2D eigenvalue weighted by Gasteiger charge is 2.18. The van der Waals surface area contributed by atoms with Crippen LogP contribution in [-0.4, -0.2) is 47.8 Å². The lowest BCUT2D eigenvalue weighted by molar-refractivity contribution is 0.176. The van der Waals surface area contributed by atoms with Crippen LogP contribution in [0.3, 0.4) is 0 Å². The monoisotopic (exact) mass is 175 g/mol. The highest BCUT2D eigenvalue weighted by atomic mass is 32.2. The molecule has 1 saturated heterocycles. The van der Waals surface area contributed by atoms with Gasteiger partial charge in [0.15, 0.2) is 0 Å². The average Bonchev–Trinajstić information content (AvgIpc) is 2.37. The summed E-state index contributed by atoms with van der Waals surface area (Å²) in [5.41, 5.74) is 0. The maximum absolute atomic E-state index is 9.21. The molecule has 3 heteroatoms. The summed E-state index contributed by atoms with van der Waals surface area (Å²) in [6.07, 6.45) is 4.32. The molecule has 1 atom stereocenters. The summed E-state index contributed by atoms with van der Waals surface area (Å²) < 4.78 is 0. The number of hydrogen-bond acceptors (Lipinski definition) is 3. The summed E-state index contributed by atoms with van der Waals surface area (Å²) in [7, 11) is 0. The molecule has 0 aliphatic carbocycles. The van der Waals surface area contributed by atoms with Gasteiger partial charge in [-0.1, -0.05) is 0 Å². The standard InChI is InChI=1S/C8H17NOS/c1-11-6-2-4-9-5-3-8(10)7-9/h8,10H,2-7H2,1H3/t8-/m1/s1. The van der Waals surface area contributed by atoms with Crippen LogP contribution >= 0.6 is 11.8 Å². The molecule has 0 aromatic rings. The number of aliphatic hydroxyl groups excluding tert-OH is 1. The van der Waals surface area contributed by atoms with Crippen molar-refractivity contribution in [3.8, 4) is 0 Å². The maximum Gasteiger partial charge on any atom is 0.0679 e. The van der Waals surface area contributed by atoms with E-state index in [9.17, 15) is 5.11 Å². The molecule has 1 N–H and O–H groups in total. The van der Waals surface area contributed by atoms with Crippen molar-refractivity contribution in [3.63, 3.8) is 0 Å². The summed E-state index contributed by atoms with van der Waals surface area (Å²) in [4.78, 5) is 2.35. The first-order valence-corrected chi connectivity index (χ1v) is 5.61. The van der Waals surface area contributed by atoms with Crippen LogP contribution in [0.2, 0.25) is 0 Å². The predicted octanol–water partition coefficient (Wildman–Crippen LogP) is 0.806. The zero-order valence-corrected chi connectivity index (χ0v) is 7.94. The summed E-state index contributed by atoms with van der Waals surface area (Å²) >= 11 is 1.90. The Morgan fingerprint density at radius 2 is 2.45 bits per heavy atom. The molecule has 0 aromatic heterocycles. The van der Waals surface area contributed by atoms with E-state index in [4.69, 9.17) is 0 Å². The van der Waals surface area contributed by atoms with Crippen molar-refractivity contribution in [2.45, 2.75) is 18.9 Å². The highest BCUT2D eigenvalue weighted by Crippen LogP contribution is 2.09. The molecule has 0 amide bonds. The van der Waals surface area contributed by atoms with Gasteiger partial charge in [0, 0.05) is 13.1 Å². The fourth-order valence-corrected chi connectivity index (χ4v) is 1.87. The second-order valence-electron chi connectivity index (χ2n) is 3.09. The van der Waals surface area contributed by atoms with E-state index < -0.39 is 0 Å². The maximum atomic E-state index is 9.21. The van der Waals surface area contributed by atoms with E-state index in [-0.39, 0.29) is 6.10 Å². The van der Waals surface area contributed by atoms with Crippen molar-refractivity contribution in [2.75, 3.05) is 31.6 Å². The molecule has 11 heavy (non-hydrogen) atoms. The van der Waals surface area contributed by atoms with Crippen molar-refractivity contribution < 1.29 is 5.11 Å². The van der Waals surface area contributed by atoms with E-state index in [0.29, 0.717) is 0 Å². The third-order valence-corrected chi connectivity index (χ3v) is 2.77. The number of thioether (sulfide) groups is 1. The number of rotatable bonds is 4. The highest BCUT2D eigenvalue weighted by molar-refractivity contribution is 7.98. The van der Waals surface area contributed by atoms with Gasteiger partial charge < -0.3 is 10.0 Å². The van der Waals surface area contributed by atoms with Gasteiger partial charge in [0.1, 0.15) is 0 Å². The second-order valence-corrected chi connectivity index (χ2v) is 4.08. The predicted molar refractivity (Wildman–Crippen MR) is 50.1 cm³/mol. The fraction of sp³-hybridized carbons (Fsp3) is 1.00. The van der Waals surface area contributed by atoms with Gasteiger partial charge in [-0.05, 0) is 31.4 Å². The number of β-amino-alcohol motifs (C(OH)–C–C–N with tert-alkyl or cyclic N) is 1. The largest absolute Gasteiger partial charge is 0.392 e. The van der Waals surface area contributed by atoms with Crippen LogP contribution in [0, 0.1) is 0 Å². The normalized spacial score (nSPS) is 26.2. The van der Waals surface area contributed by atoms with Crippen LogP contribution < -0.4 is 0 Å². The Hall–Kier alpha value is 0.270. The minimum absolute atomic E-state index is 0.0516. The lowest BCUT2D eigenvalue weighted by atomic mass is 10.3. The minimum Gasteiger partial charge on any atom is -0.392 e. The molecule has 0 radical (unpaired) electrons. The molecule has 0 unspecified atom stereocenters. The van der Waals surface area contributed by atoms with Gasteiger partial charge in [-0.3, -0.25) is 0 Å². The van der Waals surface area contributed by atoms with Crippen molar-refractivity contribution in [2.24, 2.45) is 0 Å². The Kier molecular flexibility index (Phi) is 4.26. The Bertz CT molecular complexity index is 110. The molecule has 0 saturated carbocycles. The molecule has 66 valence electrons. The lowest BCUT2D eigenvalue weighted by Crippen LogP contribution is -2.23. The summed E-state index contributed by atoms with van der Waals surface area (Å²) in [6, 6.07) is 0. The van der Waals surface area contributed by atoms with E-state index >= 15 is 0 Å². The van der Waals surface area contributed by atoms with E-state index in [1.54, 1.807) is 0 Å². The SMILES string of the molecule is CSCCCN1CC[C@@H](O)C1. The van der Waals surface area contributed by atoms with Gasteiger partial charge in [0.2, 0.25) is 0 Å². The van der Waals surface area contributed by atoms with Crippen LogP contribution in [0.15, 0.2) is 0 Å². The van der Waals surface area contributed by atoms with E-state index in [1.807, 2.05) is 11.8 Å². The van der Waals surface area contributed by atoms with Gasteiger partial charge in [-0.25, -0.2) is 0 Å². The molecule has 1 heterocycles. The lowest BCUT2D eigenvalue weighted by Gasteiger charge is -2.13. The fourth-order valence-electron chi connectivity index (χ4n) is 1.45. The summed E-state index contributed by atoms with van der Waals surface area (Å²) in [5, 5.41) is 9.21. The van der Waals surface area contributed by atoms with Crippen molar-refractivity contribution in [1.29, 1.82) is 0 Å². The molecular weight excluding hydrogens is 158 g/mol. The van der Waals surface area contributed by atoms with E-state index in [2.05, 4.69) is 11.2 Å². The molecule has 1 aliphatic heterocycles. The van der Waals surface area contributed by atoms with Gasteiger partial charge >= 0.3 is 0 Å². The van der Waals surface area contributed by atoms with E-state index in [1.165, 1.54) is 12.2 Å². The number of nitrogens with zero attached hydrogens (tertiary/aromatic N) is 1. The Balaban J connectivity index is 1.99. The number of aliphatic hydroxyl groups is 1. The summed E-state index contributed by atoms with van der Waals surface area (Å²) in [5.74, 6) is 1.24. The Labute approximate surface area is 73.0 Å². The van der Waals surface area contributed by atoms with Gasteiger partial charge in [0.05, 0.1) is 6.10 Å². The van der Waals surface area contributed by atoms with Crippen LogP contribution in [-0.2, 0) is 0 Å². The summed E-state index contributed by atoms with van der Waals surface area (Å²) in [6.45, 7) is 3.15. The van der Waals surface area contributed by atoms with Crippen LogP contribution in [0.4, 0.5) is 0 Å². The molecule has 1 fully saturated rings. The van der Waals surface area contributed by atoms with Crippen LogP contribution in [0.25, 0.3) is 0 Å². The molecule has 2 nitrogen and oxygen atoms in total. The quantitative estimate of drug-likeness (QED) is 0.640. The molecule has 1 rings (SSSR count). The van der Waals surface area contributed by atoms with Crippen LogP contribution in [0.1, 0.15) is 12.8 Å². The molecule has 0 aromatic carbocycles. The average molecular weight is 175 g/mol. The third-order valence-electron chi connectivity index (χ3n) is 2.07. The van der Waals surface area contributed by atoms with Crippen molar-refractivity contribution in [3.05, 3.63) is 0 Å². The molecule has 0 bridgehead atoms. The Morgan fingerprint density at radius 3 is 3.00 bits per heavy atom. The zero-order chi connectivity index (χ0) is 8.10. The molecular formula is C8H17NOS. The van der Waals surface area contributed by atoms with Crippen LogP contribution in [0.5, 0.6) is 0 Å². The van der Waals surface area contributed by atoms with Crippen molar-refractivity contribution in [1.82, 2.24) is 4.90 Å². The Morgan fingerprint density at radius 1 is 1.64 bits per heavy atom. The minimum atomic E-state index is -0.0516. The van der Waals surface area contributed by atoms with Gasteiger partial charge in [-0.2, -0.15) is 11.8 Å². The smallest absolute Gasteiger partial charge is 0.0679 e. The second kappa shape index (κ2) is 5.01. The van der Waals surface area contributed by atoms with Crippen molar-refractivity contribution >= 4 is 11.8 Å². The first-order chi connectivity index (χ1) is 5.33. The number of likely N-dealkylation sites (tertiary alicyclic amines) is 1. The topological polar surface area (TPSA) is 23.5 Å². The number of hydrogen-bond donors (Lipinski definition) is 1. The van der Waals surface area contributed by atoms with Gasteiger partial charge in [-0.15, -0.1) is 0 Å². The molecule has 0 spiro atoms. The first-order valence-electron chi connectivity index (χ1n) is 4.22. The van der Waals surface area contributed by atoms with Gasteiger partial charge in [0.25, 0.3) is 0 Å². The third kappa shape index (κ3) is 3.45. The first kappa shape index (κ1) is 9.36.